The van der Waals surface area contributed by atoms with E-state index < -0.39 is 33.8 Å². The van der Waals surface area contributed by atoms with E-state index in [1.54, 1.807) is 0 Å². The SMILES string of the molecule is COc1ccc(S(=O)(=O)N(CCc2ccccc2)C2CC(=O)N(c3ccc(OC(C)=O)cc3)C2=O)cc1. The van der Waals surface area contributed by atoms with Gasteiger partial charge in [0.25, 0.3) is 5.91 Å². The molecule has 3 aromatic carbocycles. The first-order valence-corrected chi connectivity index (χ1v) is 13.0. The molecule has 0 spiro atoms. The Morgan fingerprint density at radius 1 is 0.946 bits per heavy atom. The average molecular weight is 523 g/mol. The van der Waals surface area contributed by atoms with E-state index >= 15 is 0 Å². The molecule has 0 aliphatic carbocycles. The topological polar surface area (TPSA) is 110 Å². The number of rotatable bonds is 9. The molecule has 0 aromatic heterocycles. The van der Waals surface area contributed by atoms with Crippen molar-refractivity contribution >= 4 is 33.5 Å². The van der Waals surface area contributed by atoms with E-state index in [1.165, 1.54) is 62.6 Å². The lowest BCUT2D eigenvalue weighted by atomic mass is 10.1. The van der Waals surface area contributed by atoms with Crippen molar-refractivity contribution in [2.45, 2.75) is 30.7 Å². The molecule has 0 radical (unpaired) electrons. The minimum atomic E-state index is -4.14. The van der Waals surface area contributed by atoms with Gasteiger partial charge in [0, 0.05) is 13.5 Å². The maximum atomic E-state index is 13.7. The van der Waals surface area contributed by atoms with Crippen LogP contribution in [0, 0.1) is 0 Å². The molecule has 1 aliphatic heterocycles. The molecule has 1 unspecified atom stereocenters. The van der Waals surface area contributed by atoms with Crippen molar-refractivity contribution in [2.24, 2.45) is 0 Å². The van der Waals surface area contributed by atoms with E-state index in [0.29, 0.717) is 12.2 Å². The second-order valence-electron chi connectivity index (χ2n) is 8.40. The zero-order valence-corrected chi connectivity index (χ0v) is 21.2. The van der Waals surface area contributed by atoms with Gasteiger partial charge in [-0.15, -0.1) is 0 Å². The average Bonchev–Trinajstić information content (AvgIpc) is 3.18. The first kappa shape index (κ1) is 26.1. The lowest BCUT2D eigenvalue weighted by Crippen LogP contribution is -2.46. The molecule has 9 nitrogen and oxygen atoms in total. The van der Waals surface area contributed by atoms with Crippen LogP contribution < -0.4 is 14.4 Å². The lowest BCUT2D eigenvalue weighted by Gasteiger charge is -2.27. The number of hydrogen-bond acceptors (Lipinski definition) is 7. The molecule has 1 aliphatic rings. The van der Waals surface area contributed by atoms with Gasteiger partial charge in [-0.1, -0.05) is 30.3 Å². The smallest absolute Gasteiger partial charge is 0.308 e. The van der Waals surface area contributed by atoms with Crippen molar-refractivity contribution in [3.63, 3.8) is 0 Å². The van der Waals surface area contributed by atoms with Gasteiger partial charge in [0.2, 0.25) is 15.9 Å². The van der Waals surface area contributed by atoms with Crippen LogP contribution in [0.1, 0.15) is 18.9 Å². The fraction of sp³-hybridized carbons (Fsp3) is 0.222. The van der Waals surface area contributed by atoms with E-state index in [4.69, 9.17) is 9.47 Å². The van der Waals surface area contributed by atoms with Crippen molar-refractivity contribution < 1.29 is 32.3 Å². The molecule has 0 bridgehead atoms. The third kappa shape index (κ3) is 5.71. The summed E-state index contributed by atoms with van der Waals surface area (Å²) in [5.74, 6) is -0.914. The Bertz CT molecular complexity index is 1390. The van der Waals surface area contributed by atoms with E-state index in [-0.39, 0.29) is 29.3 Å². The van der Waals surface area contributed by atoms with Crippen LogP contribution in [0.3, 0.4) is 0 Å². The summed E-state index contributed by atoms with van der Waals surface area (Å²) in [6.45, 7) is 1.26. The van der Waals surface area contributed by atoms with Crippen LogP contribution in [0.4, 0.5) is 5.69 Å². The first-order valence-electron chi connectivity index (χ1n) is 11.6. The molecule has 3 aromatic rings. The quantitative estimate of drug-likeness (QED) is 0.241. The number of esters is 1. The standard InChI is InChI=1S/C27H26N2O7S/c1-19(30)36-23-10-8-21(9-11-23)29-26(31)18-25(27(29)32)28(17-16-20-6-4-3-5-7-20)37(33,34)24-14-12-22(35-2)13-15-24/h3-15,25H,16-18H2,1-2H3. The first-order chi connectivity index (χ1) is 17.7. The predicted molar refractivity (Wildman–Crippen MR) is 136 cm³/mol. The molecule has 10 heteroatoms. The second kappa shape index (κ2) is 10.9. The highest BCUT2D eigenvalue weighted by molar-refractivity contribution is 7.89. The molecule has 1 heterocycles. The molecule has 2 amide bonds. The summed E-state index contributed by atoms with van der Waals surface area (Å²) in [5.41, 5.74) is 1.16. The Hall–Kier alpha value is -4.02. The molecule has 1 fully saturated rings. The number of carbonyl (C=O) groups is 3. The van der Waals surface area contributed by atoms with Gasteiger partial charge in [0.1, 0.15) is 17.5 Å². The van der Waals surface area contributed by atoms with E-state index in [2.05, 4.69) is 0 Å². The Labute approximate surface area is 215 Å². The minimum absolute atomic E-state index is 0.00128. The zero-order valence-electron chi connectivity index (χ0n) is 20.4. The van der Waals surface area contributed by atoms with Crippen LogP contribution in [-0.2, 0) is 30.8 Å². The summed E-state index contributed by atoms with van der Waals surface area (Å²) in [5, 5.41) is 0. The Balaban J connectivity index is 1.65. The van der Waals surface area contributed by atoms with Gasteiger partial charge in [-0.05, 0) is 60.5 Å². The summed E-state index contributed by atoms with van der Waals surface area (Å²) in [6, 6.07) is 19.9. The summed E-state index contributed by atoms with van der Waals surface area (Å²) in [4.78, 5) is 38.6. The number of amides is 2. The fourth-order valence-corrected chi connectivity index (χ4v) is 5.73. The zero-order chi connectivity index (χ0) is 26.6. The fourth-order valence-electron chi connectivity index (χ4n) is 4.15. The highest BCUT2D eigenvalue weighted by atomic mass is 32.2. The second-order valence-corrected chi connectivity index (χ2v) is 10.3. The molecular weight excluding hydrogens is 496 g/mol. The maximum Gasteiger partial charge on any atom is 0.308 e. The third-order valence-corrected chi connectivity index (χ3v) is 7.88. The molecular formula is C27H26N2O7S. The number of carbonyl (C=O) groups excluding carboxylic acids is 3. The number of nitrogens with zero attached hydrogens (tertiary/aromatic N) is 2. The van der Waals surface area contributed by atoms with Crippen LogP contribution in [0.5, 0.6) is 11.5 Å². The van der Waals surface area contributed by atoms with Crippen molar-refractivity contribution in [3.05, 3.63) is 84.4 Å². The third-order valence-electron chi connectivity index (χ3n) is 5.96. The van der Waals surface area contributed by atoms with Crippen LogP contribution in [-0.4, -0.2) is 50.2 Å². The van der Waals surface area contributed by atoms with E-state index in [0.717, 1.165) is 14.8 Å². The Morgan fingerprint density at radius 2 is 1.57 bits per heavy atom. The number of sulfonamides is 1. The molecule has 0 N–H and O–H groups in total. The van der Waals surface area contributed by atoms with Crippen molar-refractivity contribution in [3.8, 4) is 11.5 Å². The van der Waals surface area contributed by atoms with Gasteiger partial charge in [-0.3, -0.25) is 14.4 Å². The van der Waals surface area contributed by atoms with Gasteiger partial charge in [-0.25, -0.2) is 13.3 Å². The van der Waals surface area contributed by atoms with Gasteiger partial charge in [0.15, 0.2) is 0 Å². The minimum Gasteiger partial charge on any atom is -0.497 e. The largest absolute Gasteiger partial charge is 0.497 e. The summed E-state index contributed by atoms with van der Waals surface area (Å²) < 4.78 is 38.7. The number of hydrogen-bond donors (Lipinski definition) is 0. The van der Waals surface area contributed by atoms with Crippen molar-refractivity contribution in [1.29, 1.82) is 0 Å². The van der Waals surface area contributed by atoms with Crippen LogP contribution in [0.25, 0.3) is 0 Å². The van der Waals surface area contributed by atoms with Gasteiger partial charge >= 0.3 is 5.97 Å². The summed E-state index contributed by atoms with van der Waals surface area (Å²) in [7, 11) is -2.66. The summed E-state index contributed by atoms with van der Waals surface area (Å²) >= 11 is 0. The van der Waals surface area contributed by atoms with Crippen LogP contribution in [0.2, 0.25) is 0 Å². The maximum absolute atomic E-state index is 13.7. The number of anilines is 1. The molecule has 4 rings (SSSR count). The molecule has 37 heavy (non-hydrogen) atoms. The van der Waals surface area contributed by atoms with E-state index in [1.807, 2.05) is 30.3 Å². The lowest BCUT2D eigenvalue weighted by molar-refractivity contribution is -0.132. The monoisotopic (exact) mass is 522 g/mol. The predicted octanol–water partition coefficient (Wildman–Crippen LogP) is 3.19. The number of methoxy groups -OCH3 is 1. The number of ether oxygens (including phenoxy) is 2. The van der Waals surface area contributed by atoms with E-state index in [9.17, 15) is 22.8 Å². The molecule has 192 valence electrons. The van der Waals surface area contributed by atoms with Crippen LogP contribution in [0.15, 0.2) is 83.8 Å². The molecule has 1 atom stereocenters. The number of benzene rings is 3. The van der Waals surface area contributed by atoms with Crippen molar-refractivity contribution in [1.82, 2.24) is 4.31 Å². The van der Waals surface area contributed by atoms with Crippen molar-refractivity contribution in [2.75, 3.05) is 18.6 Å². The van der Waals surface area contributed by atoms with Crippen LogP contribution >= 0.6 is 0 Å². The highest BCUT2D eigenvalue weighted by Crippen LogP contribution is 2.31. The Morgan fingerprint density at radius 3 is 2.16 bits per heavy atom. The molecule has 1 saturated heterocycles. The normalized spacial score (nSPS) is 15.8. The summed E-state index contributed by atoms with van der Waals surface area (Å²) in [6.07, 6.45) is 0.0555. The number of imide groups is 1. The Kier molecular flexibility index (Phi) is 7.70. The van der Waals surface area contributed by atoms with Gasteiger partial charge < -0.3 is 9.47 Å². The molecule has 0 saturated carbocycles. The van der Waals surface area contributed by atoms with Gasteiger partial charge in [-0.2, -0.15) is 4.31 Å². The van der Waals surface area contributed by atoms with Gasteiger partial charge in [0.05, 0.1) is 24.1 Å². The highest BCUT2D eigenvalue weighted by Gasteiger charge is 2.46.